The van der Waals surface area contributed by atoms with Crippen LogP contribution in [0, 0.1) is 0 Å². The van der Waals surface area contributed by atoms with E-state index in [1.807, 2.05) is 31.2 Å². The minimum Gasteiger partial charge on any atom is -0.462 e. The summed E-state index contributed by atoms with van der Waals surface area (Å²) in [7, 11) is 0. The van der Waals surface area contributed by atoms with Crippen molar-refractivity contribution >= 4 is 16.9 Å². The third-order valence-corrected chi connectivity index (χ3v) is 4.09. The molecule has 1 aromatic heterocycles. The van der Waals surface area contributed by atoms with Crippen molar-refractivity contribution in [2.75, 3.05) is 6.61 Å². The Bertz CT molecular complexity index is 802. The number of carbonyl (C=O) groups excluding carboxylic acids is 1. The molecule has 3 nitrogen and oxygen atoms in total. The average Bonchev–Trinajstić information content (AvgIpc) is 3.02. The van der Waals surface area contributed by atoms with Crippen LogP contribution in [0.15, 0.2) is 59.0 Å². The summed E-state index contributed by atoms with van der Waals surface area (Å²) >= 11 is 0. The zero-order chi connectivity index (χ0) is 16.8. The topological polar surface area (TPSA) is 39.4 Å². The first kappa shape index (κ1) is 16.3. The van der Waals surface area contributed by atoms with Gasteiger partial charge in [0, 0.05) is 11.8 Å². The number of esters is 1. The molecule has 0 spiro atoms. The van der Waals surface area contributed by atoms with Crippen LogP contribution in [-0.4, -0.2) is 12.6 Å². The largest absolute Gasteiger partial charge is 0.462 e. The van der Waals surface area contributed by atoms with Crippen molar-refractivity contribution in [1.82, 2.24) is 0 Å². The zero-order valence-corrected chi connectivity index (χ0v) is 14.0. The molecule has 0 saturated carbocycles. The summed E-state index contributed by atoms with van der Waals surface area (Å²) in [5.74, 6) is 0.634. The highest BCUT2D eigenvalue weighted by molar-refractivity contribution is 6.03. The average molecular weight is 322 g/mol. The highest BCUT2D eigenvalue weighted by Crippen LogP contribution is 2.25. The number of ether oxygens (including phenoxy) is 1. The number of fused-ring (bicyclic) bond motifs is 1. The molecule has 24 heavy (non-hydrogen) atoms. The Kier molecular flexibility index (Phi) is 5.32. The van der Waals surface area contributed by atoms with Crippen LogP contribution in [0.5, 0.6) is 0 Å². The second-order valence-electron chi connectivity index (χ2n) is 5.84. The Morgan fingerprint density at radius 3 is 2.58 bits per heavy atom. The number of unbranched alkanes of at least 4 members (excludes halogenated alkanes) is 1. The van der Waals surface area contributed by atoms with Gasteiger partial charge in [-0.2, -0.15) is 0 Å². The molecule has 0 aliphatic rings. The van der Waals surface area contributed by atoms with Gasteiger partial charge in [0.25, 0.3) is 0 Å². The Morgan fingerprint density at radius 2 is 1.79 bits per heavy atom. The standard InChI is InChI=1S/C21H22O3/c1-2-23-21(22)18-13-8-14-20-19(18)15-17(24-20)12-7-6-11-16-9-4-3-5-10-16/h3-5,8-10,13-15H,2,6-7,11-12H2,1H3. The number of hydrogen-bond acceptors (Lipinski definition) is 3. The normalized spacial score (nSPS) is 10.9. The van der Waals surface area contributed by atoms with Crippen molar-refractivity contribution in [3.8, 4) is 0 Å². The van der Waals surface area contributed by atoms with Gasteiger partial charge in [0.15, 0.2) is 0 Å². The molecule has 0 unspecified atom stereocenters. The molecule has 0 bridgehead atoms. The molecule has 0 fully saturated rings. The van der Waals surface area contributed by atoms with Gasteiger partial charge in [0.05, 0.1) is 12.2 Å². The summed E-state index contributed by atoms with van der Waals surface area (Å²) in [5.41, 5.74) is 2.69. The first-order valence-electron chi connectivity index (χ1n) is 8.50. The smallest absolute Gasteiger partial charge is 0.338 e. The van der Waals surface area contributed by atoms with E-state index in [1.54, 1.807) is 6.07 Å². The van der Waals surface area contributed by atoms with Crippen molar-refractivity contribution < 1.29 is 13.9 Å². The van der Waals surface area contributed by atoms with E-state index in [-0.39, 0.29) is 5.97 Å². The lowest BCUT2D eigenvalue weighted by molar-refractivity contribution is 0.0528. The first-order chi connectivity index (χ1) is 11.8. The molecule has 3 rings (SSSR count). The summed E-state index contributed by atoms with van der Waals surface area (Å²) in [6.07, 6.45) is 4.13. The Balaban J connectivity index is 1.63. The molecule has 3 aromatic rings. The fourth-order valence-electron chi connectivity index (χ4n) is 2.90. The van der Waals surface area contributed by atoms with Crippen LogP contribution in [0.3, 0.4) is 0 Å². The maximum absolute atomic E-state index is 12.0. The summed E-state index contributed by atoms with van der Waals surface area (Å²) in [5, 5.41) is 0.842. The van der Waals surface area contributed by atoms with Gasteiger partial charge in [0.2, 0.25) is 0 Å². The van der Waals surface area contributed by atoms with Crippen LogP contribution in [-0.2, 0) is 17.6 Å². The lowest BCUT2D eigenvalue weighted by Crippen LogP contribution is -2.04. The number of rotatable bonds is 7. The molecule has 0 atom stereocenters. The van der Waals surface area contributed by atoms with Crippen molar-refractivity contribution in [3.63, 3.8) is 0 Å². The minimum absolute atomic E-state index is 0.292. The zero-order valence-electron chi connectivity index (χ0n) is 14.0. The third-order valence-electron chi connectivity index (χ3n) is 4.09. The van der Waals surface area contributed by atoms with E-state index in [1.165, 1.54) is 5.56 Å². The van der Waals surface area contributed by atoms with Crippen LogP contribution < -0.4 is 0 Å². The molecular weight excluding hydrogens is 300 g/mol. The number of benzene rings is 2. The van der Waals surface area contributed by atoms with Crippen molar-refractivity contribution in [3.05, 3.63) is 71.5 Å². The van der Waals surface area contributed by atoms with Crippen molar-refractivity contribution in [2.24, 2.45) is 0 Å². The molecular formula is C21H22O3. The van der Waals surface area contributed by atoms with Gasteiger partial charge in [-0.05, 0) is 49.9 Å². The number of hydrogen-bond donors (Lipinski definition) is 0. The molecule has 3 heteroatoms. The Hall–Kier alpha value is -2.55. The molecule has 124 valence electrons. The molecule has 2 aromatic carbocycles. The molecule has 0 aliphatic heterocycles. The molecule has 0 N–H and O–H groups in total. The van der Waals surface area contributed by atoms with E-state index >= 15 is 0 Å². The Morgan fingerprint density at radius 1 is 1.00 bits per heavy atom. The number of aryl methyl sites for hydroxylation is 2. The molecule has 0 saturated heterocycles. The van der Waals surface area contributed by atoms with Crippen LogP contribution >= 0.6 is 0 Å². The van der Waals surface area contributed by atoms with E-state index in [4.69, 9.17) is 9.15 Å². The highest BCUT2D eigenvalue weighted by atomic mass is 16.5. The van der Waals surface area contributed by atoms with Crippen molar-refractivity contribution in [1.29, 1.82) is 0 Å². The predicted octanol–water partition coefficient (Wildman–Crippen LogP) is 5.17. The molecule has 1 heterocycles. The van der Waals surface area contributed by atoms with E-state index in [2.05, 4.69) is 24.3 Å². The molecule has 0 radical (unpaired) electrons. The predicted molar refractivity (Wildman–Crippen MR) is 95.3 cm³/mol. The van der Waals surface area contributed by atoms with Crippen LogP contribution in [0.25, 0.3) is 11.0 Å². The van der Waals surface area contributed by atoms with Gasteiger partial charge < -0.3 is 9.15 Å². The van der Waals surface area contributed by atoms with E-state index in [0.29, 0.717) is 12.2 Å². The van der Waals surface area contributed by atoms with Gasteiger partial charge in [-0.3, -0.25) is 0 Å². The molecule has 0 aliphatic carbocycles. The minimum atomic E-state index is -0.292. The maximum atomic E-state index is 12.0. The van der Waals surface area contributed by atoms with E-state index < -0.39 is 0 Å². The van der Waals surface area contributed by atoms with Crippen LogP contribution in [0.2, 0.25) is 0 Å². The first-order valence-corrected chi connectivity index (χ1v) is 8.50. The number of furan rings is 1. The van der Waals surface area contributed by atoms with Gasteiger partial charge >= 0.3 is 5.97 Å². The SMILES string of the molecule is CCOC(=O)c1cccc2oc(CCCCc3ccccc3)cc12. The van der Waals surface area contributed by atoms with Crippen LogP contribution in [0.4, 0.5) is 0 Å². The number of carbonyl (C=O) groups is 1. The van der Waals surface area contributed by atoms with Gasteiger partial charge in [-0.1, -0.05) is 36.4 Å². The summed E-state index contributed by atoms with van der Waals surface area (Å²) in [6, 6.07) is 18.0. The fraction of sp³-hybridized carbons (Fsp3) is 0.286. The van der Waals surface area contributed by atoms with E-state index in [9.17, 15) is 4.79 Å². The highest BCUT2D eigenvalue weighted by Gasteiger charge is 2.14. The van der Waals surface area contributed by atoms with Crippen molar-refractivity contribution in [2.45, 2.75) is 32.6 Å². The lowest BCUT2D eigenvalue weighted by Gasteiger charge is -2.01. The monoisotopic (exact) mass is 322 g/mol. The summed E-state index contributed by atoms with van der Waals surface area (Å²) in [4.78, 5) is 12.0. The van der Waals surface area contributed by atoms with Gasteiger partial charge in [-0.15, -0.1) is 0 Å². The van der Waals surface area contributed by atoms with Gasteiger partial charge in [0.1, 0.15) is 11.3 Å². The third kappa shape index (κ3) is 3.85. The Labute approximate surface area is 142 Å². The fourth-order valence-corrected chi connectivity index (χ4v) is 2.90. The van der Waals surface area contributed by atoms with Gasteiger partial charge in [-0.25, -0.2) is 4.79 Å². The van der Waals surface area contributed by atoms with Crippen LogP contribution in [0.1, 0.15) is 41.4 Å². The second kappa shape index (κ2) is 7.82. The van der Waals surface area contributed by atoms with E-state index in [0.717, 1.165) is 42.4 Å². The summed E-state index contributed by atoms with van der Waals surface area (Å²) < 4.78 is 11.0. The molecule has 0 amide bonds. The second-order valence-corrected chi connectivity index (χ2v) is 5.84. The quantitative estimate of drug-likeness (QED) is 0.445. The lowest BCUT2D eigenvalue weighted by atomic mass is 10.1. The maximum Gasteiger partial charge on any atom is 0.338 e. The summed E-state index contributed by atoms with van der Waals surface area (Å²) in [6.45, 7) is 2.19.